The van der Waals surface area contributed by atoms with Crippen LogP contribution in [0.5, 0.6) is 0 Å². The van der Waals surface area contributed by atoms with Gasteiger partial charge in [-0.2, -0.15) is 0 Å². The zero-order valence-electron chi connectivity index (χ0n) is 12.7. The summed E-state index contributed by atoms with van der Waals surface area (Å²) in [5.41, 5.74) is 0.752. The van der Waals surface area contributed by atoms with Gasteiger partial charge in [-0.1, -0.05) is 30.3 Å². The summed E-state index contributed by atoms with van der Waals surface area (Å²) in [5, 5.41) is 21.7. The molecule has 0 bridgehead atoms. The Morgan fingerprint density at radius 2 is 1.87 bits per heavy atom. The summed E-state index contributed by atoms with van der Waals surface area (Å²) in [6, 6.07) is 10.5. The van der Waals surface area contributed by atoms with E-state index >= 15 is 0 Å². The summed E-state index contributed by atoms with van der Waals surface area (Å²) in [5.74, 6) is -0.833. The second-order valence-corrected chi connectivity index (χ2v) is 5.24. The van der Waals surface area contributed by atoms with Crippen LogP contribution in [0.1, 0.15) is 34.3 Å². The highest BCUT2D eigenvalue weighted by Gasteiger charge is 2.26. The fourth-order valence-electron chi connectivity index (χ4n) is 2.27. The van der Waals surface area contributed by atoms with E-state index in [-0.39, 0.29) is 18.8 Å². The number of rotatable bonds is 8. The number of nitrogens with one attached hydrogen (secondary N) is 1. The van der Waals surface area contributed by atoms with Gasteiger partial charge in [-0.15, -0.1) is 0 Å². The molecule has 0 aliphatic carbocycles. The van der Waals surface area contributed by atoms with Crippen LogP contribution >= 0.6 is 0 Å². The Balaban J connectivity index is 2.09. The number of aliphatic hydroxyl groups is 1. The molecule has 0 unspecified atom stereocenters. The number of ketones is 1. The summed E-state index contributed by atoms with van der Waals surface area (Å²) in [6.45, 7) is 1.43. The molecule has 0 aliphatic heterocycles. The van der Waals surface area contributed by atoms with E-state index in [1.165, 1.54) is 6.07 Å². The van der Waals surface area contributed by atoms with Crippen LogP contribution in [0.2, 0.25) is 0 Å². The van der Waals surface area contributed by atoms with E-state index in [4.69, 9.17) is 4.42 Å². The normalized spacial score (nSPS) is 13.5. The van der Waals surface area contributed by atoms with Crippen LogP contribution in [0, 0.1) is 6.92 Å². The third-order valence-electron chi connectivity index (χ3n) is 3.49. The topological polar surface area (TPSA) is 99.8 Å². The van der Waals surface area contributed by atoms with Crippen molar-refractivity contribution in [3.8, 4) is 0 Å². The van der Waals surface area contributed by atoms with Crippen molar-refractivity contribution in [2.45, 2.75) is 25.4 Å². The number of hydrogen-bond acceptors (Lipinski definition) is 5. The van der Waals surface area contributed by atoms with Crippen LogP contribution < -0.4 is 5.32 Å². The van der Waals surface area contributed by atoms with Crippen LogP contribution in [0.25, 0.3) is 0 Å². The highest BCUT2D eigenvalue weighted by molar-refractivity contribution is 5.96. The van der Waals surface area contributed by atoms with Gasteiger partial charge in [0.2, 0.25) is 0 Å². The quantitative estimate of drug-likeness (QED) is 0.643. The highest BCUT2D eigenvalue weighted by atomic mass is 16.4. The summed E-state index contributed by atoms with van der Waals surface area (Å²) in [7, 11) is 0. The van der Waals surface area contributed by atoms with Gasteiger partial charge < -0.3 is 14.6 Å². The molecule has 0 amide bonds. The molecule has 1 heterocycles. The van der Waals surface area contributed by atoms with Crippen molar-refractivity contribution < 1.29 is 24.2 Å². The van der Waals surface area contributed by atoms with Gasteiger partial charge in [0.1, 0.15) is 11.8 Å². The number of carbonyl (C=O) groups excluding carboxylic acids is 1. The number of carboxylic acid groups (broad SMARTS) is 1. The lowest BCUT2D eigenvalue weighted by Gasteiger charge is -2.21. The van der Waals surface area contributed by atoms with Gasteiger partial charge in [0.15, 0.2) is 11.5 Å². The summed E-state index contributed by atoms with van der Waals surface area (Å²) in [4.78, 5) is 23.5. The Kier molecular flexibility index (Phi) is 5.67. The average Bonchev–Trinajstić information content (AvgIpc) is 2.98. The van der Waals surface area contributed by atoms with Crippen molar-refractivity contribution in [1.82, 2.24) is 5.32 Å². The third-order valence-corrected chi connectivity index (χ3v) is 3.49. The highest BCUT2D eigenvalue weighted by Crippen LogP contribution is 2.15. The number of carboxylic acids is 1. The second kappa shape index (κ2) is 7.71. The first-order valence-corrected chi connectivity index (χ1v) is 7.25. The molecule has 0 spiro atoms. The Hall–Kier alpha value is -2.44. The monoisotopic (exact) mass is 317 g/mol. The number of aliphatic hydroxyl groups excluding tert-OH is 1. The Bertz CT molecular complexity index is 665. The van der Waals surface area contributed by atoms with E-state index in [2.05, 4.69) is 5.32 Å². The first-order chi connectivity index (χ1) is 11.0. The molecule has 0 saturated carbocycles. The lowest BCUT2D eigenvalue weighted by atomic mass is 10.0. The average molecular weight is 317 g/mol. The summed E-state index contributed by atoms with van der Waals surface area (Å²) < 4.78 is 5.22. The molecule has 0 aliphatic rings. The van der Waals surface area contributed by atoms with E-state index < -0.39 is 23.8 Å². The van der Waals surface area contributed by atoms with E-state index in [0.717, 1.165) is 5.56 Å². The van der Waals surface area contributed by atoms with Crippen LogP contribution in [-0.4, -0.2) is 34.6 Å². The van der Waals surface area contributed by atoms with E-state index in [1.807, 2.05) is 6.07 Å². The lowest BCUT2D eigenvalue weighted by molar-refractivity contribution is -0.139. The Labute approximate surface area is 133 Å². The minimum absolute atomic E-state index is 0.135. The van der Waals surface area contributed by atoms with Gasteiger partial charge in [-0.05, 0) is 24.6 Å². The maximum Gasteiger partial charge on any atom is 0.321 e. The molecule has 0 saturated heterocycles. The number of aliphatic carboxylic acids is 1. The van der Waals surface area contributed by atoms with Crippen molar-refractivity contribution in [2.24, 2.45) is 0 Å². The maximum atomic E-state index is 12.1. The molecule has 122 valence electrons. The standard InChI is InChI=1S/C17H19NO5/c1-11-7-8-16(23-11)15(20)9-13(17(21)22)18-14(10-19)12-5-3-2-4-6-12/h2-8,13-14,18-19H,9-10H2,1H3,(H,21,22)/t13-,14-/m0/s1. The van der Waals surface area contributed by atoms with Gasteiger partial charge >= 0.3 is 5.97 Å². The molecule has 1 aromatic carbocycles. The zero-order valence-corrected chi connectivity index (χ0v) is 12.7. The van der Waals surface area contributed by atoms with Crippen molar-refractivity contribution in [3.05, 3.63) is 59.5 Å². The molecule has 6 nitrogen and oxygen atoms in total. The van der Waals surface area contributed by atoms with Crippen molar-refractivity contribution in [2.75, 3.05) is 6.61 Å². The molecule has 2 aromatic rings. The number of hydrogen-bond donors (Lipinski definition) is 3. The van der Waals surface area contributed by atoms with Gasteiger partial charge in [0, 0.05) is 6.42 Å². The Morgan fingerprint density at radius 1 is 1.17 bits per heavy atom. The lowest BCUT2D eigenvalue weighted by Crippen LogP contribution is -2.41. The Morgan fingerprint density at radius 3 is 2.39 bits per heavy atom. The van der Waals surface area contributed by atoms with Crippen LogP contribution in [0.4, 0.5) is 0 Å². The summed E-state index contributed by atoms with van der Waals surface area (Å²) >= 11 is 0. The summed E-state index contributed by atoms with van der Waals surface area (Å²) in [6.07, 6.45) is -0.258. The number of Topliss-reactive ketones (excluding diaryl/α,β-unsaturated/α-hetero) is 1. The SMILES string of the molecule is Cc1ccc(C(=O)C[C@H](N[C@@H](CO)c2ccccc2)C(=O)O)o1. The van der Waals surface area contributed by atoms with E-state index in [9.17, 15) is 19.8 Å². The molecule has 2 atom stereocenters. The van der Waals surface area contributed by atoms with Gasteiger partial charge in [-0.3, -0.25) is 14.9 Å². The fraction of sp³-hybridized carbons (Fsp3) is 0.294. The fourth-order valence-corrected chi connectivity index (χ4v) is 2.27. The minimum Gasteiger partial charge on any atom is -0.480 e. The molecular formula is C17H19NO5. The van der Waals surface area contributed by atoms with Crippen molar-refractivity contribution in [3.63, 3.8) is 0 Å². The van der Waals surface area contributed by atoms with E-state index in [1.54, 1.807) is 37.3 Å². The number of furan rings is 1. The van der Waals surface area contributed by atoms with E-state index in [0.29, 0.717) is 5.76 Å². The molecule has 1 aromatic heterocycles. The van der Waals surface area contributed by atoms with Crippen LogP contribution in [0.3, 0.4) is 0 Å². The first-order valence-electron chi connectivity index (χ1n) is 7.25. The maximum absolute atomic E-state index is 12.1. The third kappa shape index (κ3) is 4.51. The zero-order chi connectivity index (χ0) is 16.8. The predicted molar refractivity (Wildman–Crippen MR) is 83.2 cm³/mol. The molecule has 3 N–H and O–H groups in total. The van der Waals surface area contributed by atoms with Crippen LogP contribution in [-0.2, 0) is 4.79 Å². The largest absolute Gasteiger partial charge is 0.480 e. The van der Waals surface area contributed by atoms with Crippen LogP contribution in [0.15, 0.2) is 46.9 Å². The predicted octanol–water partition coefficient (Wildman–Crippen LogP) is 1.94. The molecule has 6 heteroatoms. The molecule has 0 fully saturated rings. The molecule has 0 radical (unpaired) electrons. The molecule has 2 rings (SSSR count). The smallest absolute Gasteiger partial charge is 0.321 e. The van der Waals surface area contributed by atoms with Crippen molar-refractivity contribution >= 4 is 11.8 Å². The second-order valence-electron chi connectivity index (χ2n) is 5.24. The molecular weight excluding hydrogens is 298 g/mol. The van der Waals surface area contributed by atoms with Gasteiger partial charge in [-0.25, -0.2) is 0 Å². The van der Waals surface area contributed by atoms with Gasteiger partial charge in [0.25, 0.3) is 0 Å². The number of carbonyl (C=O) groups is 2. The van der Waals surface area contributed by atoms with Gasteiger partial charge in [0.05, 0.1) is 12.6 Å². The minimum atomic E-state index is -1.16. The number of aryl methyl sites for hydroxylation is 1. The van der Waals surface area contributed by atoms with Crippen molar-refractivity contribution in [1.29, 1.82) is 0 Å². The first kappa shape index (κ1) is 16.9. The number of benzene rings is 1. The molecule has 23 heavy (non-hydrogen) atoms.